The van der Waals surface area contributed by atoms with Gasteiger partial charge in [0.15, 0.2) is 0 Å². The molecule has 0 spiro atoms. The lowest BCUT2D eigenvalue weighted by atomic mass is 9.91. The predicted molar refractivity (Wildman–Crippen MR) is 86.5 cm³/mol. The summed E-state index contributed by atoms with van der Waals surface area (Å²) in [5.74, 6) is 0.599. The van der Waals surface area contributed by atoms with E-state index >= 15 is 0 Å². The first-order chi connectivity index (χ1) is 9.61. The number of aliphatic hydroxyl groups is 1. The summed E-state index contributed by atoms with van der Waals surface area (Å²) in [7, 11) is 0. The minimum Gasteiger partial charge on any atom is -0.396 e. The SMILES string of the molecule is CC(N)C(c1cccc(Br)c1)N1CCCC(CCO)C1. The van der Waals surface area contributed by atoms with Crippen molar-refractivity contribution >= 4 is 15.9 Å². The molecule has 3 unspecified atom stereocenters. The predicted octanol–water partition coefficient (Wildman–Crippen LogP) is 2.93. The van der Waals surface area contributed by atoms with Gasteiger partial charge in [0.2, 0.25) is 0 Å². The van der Waals surface area contributed by atoms with Gasteiger partial charge in [-0.3, -0.25) is 4.90 Å². The van der Waals surface area contributed by atoms with Gasteiger partial charge in [-0.25, -0.2) is 0 Å². The highest BCUT2D eigenvalue weighted by atomic mass is 79.9. The monoisotopic (exact) mass is 340 g/mol. The van der Waals surface area contributed by atoms with Crippen molar-refractivity contribution < 1.29 is 5.11 Å². The number of halogens is 1. The van der Waals surface area contributed by atoms with Gasteiger partial charge in [-0.05, 0) is 56.3 Å². The number of likely N-dealkylation sites (tertiary alicyclic amines) is 1. The topological polar surface area (TPSA) is 49.5 Å². The van der Waals surface area contributed by atoms with Gasteiger partial charge >= 0.3 is 0 Å². The van der Waals surface area contributed by atoms with Crippen LogP contribution in [0.4, 0.5) is 0 Å². The van der Waals surface area contributed by atoms with E-state index in [2.05, 4.69) is 46.0 Å². The minimum absolute atomic E-state index is 0.0946. The van der Waals surface area contributed by atoms with Crippen LogP contribution in [-0.2, 0) is 0 Å². The summed E-state index contributed by atoms with van der Waals surface area (Å²) in [5, 5.41) is 9.16. The van der Waals surface area contributed by atoms with Crippen LogP contribution in [0, 0.1) is 5.92 Å². The summed E-state index contributed by atoms with van der Waals surface area (Å²) < 4.78 is 1.10. The molecule has 0 bridgehead atoms. The zero-order chi connectivity index (χ0) is 14.5. The van der Waals surface area contributed by atoms with Gasteiger partial charge in [-0.2, -0.15) is 0 Å². The summed E-state index contributed by atoms with van der Waals surface area (Å²) in [6.45, 7) is 4.51. The van der Waals surface area contributed by atoms with Crippen molar-refractivity contribution in [3.05, 3.63) is 34.3 Å². The third-order valence-corrected chi connectivity index (χ3v) is 4.66. The Balaban J connectivity index is 2.16. The summed E-state index contributed by atoms with van der Waals surface area (Å²) in [6.07, 6.45) is 3.32. The molecule has 1 aliphatic rings. The van der Waals surface area contributed by atoms with Gasteiger partial charge < -0.3 is 10.8 Å². The number of hydrogen-bond acceptors (Lipinski definition) is 3. The molecule has 1 fully saturated rings. The van der Waals surface area contributed by atoms with Gasteiger partial charge in [0.1, 0.15) is 0 Å². The van der Waals surface area contributed by atoms with Crippen LogP contribution in [0.3, 0.4) is 0 Å². The molecule has 3 nitrogen and oxygen atoms in total. The molecule has 1 aromatic carbocycles. The zero-order valence-electron chi connectivity index (χ0n) is 12.1. The van der Waals surface area contributed by atoms with Crippen LogP contribution in [0.25, 0.3) is 0 Å². The van der Waals surface area contributed by atoms with Crippen molar-refractivity contribution in [1.82, 2.24) is 4.90 Å². The third-order valence-electron chi connectivity index (χ3n) is 4.17. The Morgan fingerprint density at radius 1 is 1.50 bits per heavy atom. The van der Waals surface area contributed by atoms with E-state index < -0.39 is 0 Å². The molecule has 1 aliphatic heterocycles. The fourth-order valence-corrected chi connectivity index (χ4v) is 3.72. The number of rotatable bonds is 5. The Kier molecular flexibility index (Phi) is 6.02. The molecule has 1 heterocycles. The van der Waals surface area contributed by atoms with Gasteiger partial charge in [0, 0.05) is 29.7 Å². The molecule has 112 valence electrons. The van der Waals surface area contributed by atoms with Crippen LogP contribution in [0.1, 0.15) is 37.8 Å². The highest BCUT2D eigenvalue weighted by Crippen LogP contribution is 2.31. The molecule has 4 heteroatoms. The number of benzene rings is 1. The molecule has 0 radical (unpaired) electrons. The summed E-state index contributed by atoms with van der Waals surface area (Å²) in [4.78, 5) is 2.50. The van der Waals surface area contributed by atoms with Crippen LogP contribution in [0.15, 0.2) is 28.7 Å². The normalized spacial score (nSPS) is 23.5. The minimum atomic E-state index is 0.0946. The molecule has 3 atom stereocenters. The first-order valence-corrected chi connectivity index (χ1v) is 8.27. The molecule has 0 aromatic heterocycles. The van der Waals surface area contributed by atoms with Gasteiger partial charge in [0.25, 0.3) is 0 Å². The van der Waals surface area contributed by atoms with Crippen LogP contribution >= 0.6 is 15.9 Å². The average Bonchev–Trinajstić information content (AvgIpc) is 2.39. The van der Waals surface area contributed by atoms with Crippen molar-refractivity contribution in [2.75, 3.05) is 19.7 Å². The lowest BCUT2D eigenvalue weighted by molar-refractivity contribution is 0.0967. The van der Waals surface area contributed by atoms with Crippen molar-refractivity contribution in [2.24, 2.45) is 11.7 Å². The van der Waals surface area contributed by atoms with E-state index in [4.69, 9.17) is 10.8 Å². The van der Waals surface area contributed by atoms with Crippen LogP contribution in [-0.4, -0.2) is 35.7 Å². The molecule has 1 aromatic rings. The maximum atomic E-state index is 9.16. The van der Waals surface area contributed by atoms with Crippen LogP contribution in [0.2, 0.25) is 0 Å². The number of hydrogen-bond donors (Lipinski definition) is 2. The first-order valence-electron chi connectivity index (χ1n) is 7.47. The smallest absolute Gasteiger partial charge is 0.0496 e. The lowest BCUT2D eigenvalue weighted by Gasteiger charge is -2.40. The summed E-state index contributed by atoms with van der Waals surface area (Å²) in [5.41, 5.74) is 7.54. The Morgan fingerprint density at radius 2 is 2.30 bits per heavy atom. The second-order valence-corrected chi connectivity index (χ2v) is 6.79. The lowest BCUT2D eigenvalue weighted by Crippen LogP contribution is -2.44. The maximum Gasteiger partial charge on any atom is 0.0496 e. The first kappa shape index (κ1) is 16.0. The third kappa shape index (κ3) is 4.04. The fourth-order valence-electron chi connectivity index (χ4n) is 3.31. The van der Waals surface area contributed by atoms with Gasteiger partial charge in [-0.1, -0.05) is 28.1 Å². The van der Waals surface area contributed by atoms with Crippen molar-refractivity contribution in [3.8, 4) is 0 Å². The van der Waals surface area contributed by atoms with Crippen molar-refractivity contribution in [2.45, 2.75) is 38.3 Å². The molecule has 1 saturated heterocycles. The Morgan fingerprint density at radius 3 is 2.95 bits per heavy atom. The fraction of sp³-hybridized carbons (Fsp3) is 0.625. The number of nitrogens with zero attached hydrogens (tertiary/aromatic N) is 1. The quantitative estimate of drug-likeness (QED) is 0.866. The second-order valence-electron chi connectivity index (χ2n) is 5.87. The molecule has 3 N–H and O–H groups in total. The van der Waals surface area contributed by atoms with E-state index in [0.717, 1.165) is 24.0 Å². The molecule has 2 rings (SSSR count). The van der Waals surface area contributed by atoms with E-state index in [0.29, 0.717) is 5.92 Å². The molecule has 20 heavy (non-hydrogen) atoms. The largest absolute Gasteiger partial charge is 0.396 e. The number of aliphatic hydroxyl groups excluding tert-OH is 1. The average molecular weight is 341 g/mol. The second kappa shape index (κ2) is 7.55. The van der Waals surface area contributed by atoms with Crippen LogP contribution in [0.5, 0.6) is 0 Å². The van der Waals surface area contributed by atoms with E-state index in [-0.39, 0.29) is 18.7 Å². The van der Waals surface area contributed by atoms with E-state index in [1.165, 1.54) is 18.4 Å². The number of nitrogens with two attached hydrogens (primary N) is 1. The standard InChI is InChI=1S/C16H25BrN2O/c1-12(18)16(14-5-2-6-15(17)10-14)19-8-3-4-13(11-19)7-9-20/h2,5-6,10,12-13,16,20H,3-4,7-9,11,18H2,1H3. The Labute approximate surface area is 130 Å². The Hall–Kier alpha value is -0.420. The highest BCUT2D eigenvalue weighted by molar-refractivity contribution is 9.10. The van der Waals surface area contributed by atoms with Gasteiger partial charge in [0.05, 0.1) is 0 Å². The van der Waals surface area contributed by atoms with Crippen molar-refractivity contribution in [3.63, 3.8) is 0 Å². The zero-order valence-corrected chi connectivity index (χ0v) is 13.7. The van der Waals surface area contributed by atoms with Crippen molar-refractivity contribution in [1.29, 1.82) is 0 Å². The van der Waals surface area contributed by atoms with Gasteiger partial charge in [-0.15, -0.1) is 0 Å². The molecule has 0 saturated carbocycles. The molecule has 0 amide bonds. The molecular formula is C16H25BrN2O. The maximum absolute atomic E-state index is 9.16. The van der Waals surface area contributed by atoms with E-state index in [9.17, 15) is 0 Å². The van der Waals surface area contributed by atoms with E-state index in [1.807, 2.05) is 6.07 Å². The van der Waals surface area contributed by atoms with E-state index in [1.54, 1.807) is 0 Å². The highest BCUT2D eigenvalue weighted by Gasteiger charge is 2.29. The molecule has 0 aliphatic carbocycles. The Bertz CT molecular complexity index is 423. The molecular weight excluding hydrogens is 316 g/mol. The summed E-state index contributed by atoms with van der Waals surface area (Å²) >= 11 is 3.55. The number of piperidine rings is 1. The van der Waals surface area contributed by atoms with Crippen LogP contribution < -0.4 is 5.73 Å². The summed E-state index contributed by atoms with van der Waals surface area (Å²) in [6, 6.07) is 8.81.